The largest absolute Gasteiger partial charge is 0.387 e. The van der Waals surface area contributed by atoms with Crippen molar-refractivity contribution in [1.82, 2.24) is 10.6 Å². The molecule has 1 atom stereocenters. The molecule has 0 radical (unpaired) electrons. The molecule has 0 aliphatic carbocycles. The van der Waals surface area contributed by atoms with Gasteiger partial charge in [0.15, 0.2) is 0 Å². The number of benzene rings is 1. The van der Waals surface area contributed by atoms with Gasteiger partial charge >= 0.3 is 0 Å². The van der Waals surface area contributed by atoms with E-state index in [0.29, 0.717) is 12.1 Å². The van der Waals surface area contributed by atoms with Crippen LogP contribution in [0.1, 0.15) is 30.6 Å². The standard InChI is InChI=1S/C14H21N3O2/c1-4-9-16-13(18)10(2)17-14(19)11-7-5-6-8-12(11)15-3/h5-8,10,15H,4,9H2,1-3H3,(H,16,18)(H,17,19). The Balaban J connectivity index is 2.66. The van der Waals surface area contributed by atoms with Gasteiger partial charge in [0.25, 0.3) is 5.91 Å². The number of anilines is 1. The van der Waals surface area contributed by atoms with E-state index >= 15 is 0 Å². The normalized spacial score (nSPS) is 11.5. The quantitative estimate of drug-likeness (QED) is 0.726. The van der Waals surface area contributed by atoms with Crippen LogP contribution in [0, 0.1) is 0 Å². The van der Waals surface area contributed by atoms with Crippen LogP contribution in [0.25, 0.3) is 0 Å². The summed E-state index contributed by atoms with van der Waals surface area (Å²) in [4.78, 5) is 23.8. The number of carbonyl (C=O) groups is 2. The van der Waals surface area contributed by atoms with E-state index < -0.39 is 6.04 Å². The Morgan fingerprint density at radius 2 is 1.95 bits per heavy atom. The molecule has 5 heteroatoms. The second-order valence-corrected chi connectivity index (χ2v) is 4.28. The van der Waals surface area contributed by atoms with Gasteiger partial charge in [-0.05, 0) is 25.5 Å². The third kappa shape index (κ3) is 4.28. The highest BCUT2D eigenvalue weighted by atomic mass is 16.2. The first-order chi connectivity index (χ1) is 9.10. The van der Waals surface area contributed by atoms with E-state index in [1.807, 2.05) is 19.1 Å². The van der Waals surface area contributed by atoms with Gasteiger partial charge in [-0.2, -0.15) is 0 Å². The van der Waals surface area contributed by atoms with Gasteiger partial charge in [0.2, 0.25) is 5.91 Å². The van der Waals surface area contributed by atoms with Gasteiger partial charge in [-0.3, -0.25) is 9.59 Å². The van der Waals surface area contributed by atoms with Crippen LogP contribution in [-0.4, -0.2) is 31.4 Å². The molecule has 0 saturated heterocycles. The molecule has 0 saturated carbocycles. The van der Waals surface area contributed by atoms with Crippen molar-refractivity contribution in [3.05, 3.63) is 29.8 Å². The summed E-state index contributed by atoms with van der Waals surface area (Å²) >= 11 is 0. The van der Waals surface area contributed by atoms with Gasteiger partial charge < -0.3 is 16.0 Å². The minimum absolute atomic E-state index is 0.169. The van der Waals surface area contributed by atoms with E-state index in [1.165, 1.54) is 0 Å². The molecule has 2 amide bonds. The second kappa shape index (κ2) is 7.41. The van der Waals surface area contributed by atoms with Crippen LogP contribution >= 0.6 is 0 Å². The first kappa shape index (κ1) is 15.0. The van der Waals surface area contributed by atoms with E-state index in [9.17, 15) is 9.59 Å². The lowest BCUT2D eigenvalue weighted by atomic mass is 10.1. The summed E-state index contributed by atoms with van der Waals surface area (Å²) in [7, 11) is 1.75. The number of carbonyl (C=O) groups excluding carboxylic acids is 2. The molecular formula is C14H21N3O2. The van der Waals surface area contributed by atoms with Crippen molar-refractivity contribution in [1.29, 1.82) is 0 Å². The Morgan fingerprint density at radius 1 is 1.26 bits per heavy atom. The Morgan fingerprint density at radius 3 is 2.58 bits per heavy atom. The van der Waals surface area contributed by atoms with Gasteiger partial charge in [-0.25, -0.2) is 0 Å². The highest BCUT2D eigenvalue weighted by molar-refractivity contribution is 6.01. The zero-order chi connectivity index (χ0) is 14.3. The maximum Gasteiger partial charge on any atom is 0.254 e. The highest BCUT2D eigenvalue weighted by Crippen LogP contribution is 2.13. The average Bonchev–Trinajstić information content (AvgIpc) is 2.44. The summed E-state index contributed by atoms with van der Waals surface area (Å²) in [5.41, 5.74) is 1.27. The molecule has 0 aliphatic heterocycles. The van der Waals surface area contributed by atoms with Crippen LogP contribution in [-0.2, 0) is 4.79 Å². The van der Waals surface area contributed by atoms with E-state index in [2.05, 4.69) is 16.0 Å². The minimum atomic E-state index is -0.552. The lowest BCUT2D eigenvalue weighted by Crippen LogP contribution is -2.45. The van der Waals surface area contributed by atoms with Crippen molar-refractivity contribution >= 4 is 17.5 Å². The fraction of sp³-hybridized carbons (Fsp3) is 0.429. The van der Waals surface area contributed by atoms with Crippen molar-refractivity contribution in [2.24, 2.45) is 0 Å². The van der Waals surface area contributed by atoms with Gasteiger partial charge in [0.05, 0.1) is 5.56 Å². The topological polar surface area (TPSA) is 70.2 Å². The second-order valence-electron chi connectivity index (χ2n) is 4.28. The third-order valence-corrected chi connectivity index (χ3v) is 2.73. The summed E-state index contributed by atoms with van der Waals surface area (Å²) in [5.74, 6) is -0.429. The molecule has 0 heterocycles. The van der Waals surface area contributed by atoms with E-state index in [4.69, 9.17) is 0 Å². The maximum absolute atomic E-state index is 12.1. The van der Waals surface area contributed by atoms with E-state index in [-0.39, 0.29) is 11.8 Å². The fourth-order valence-electron chi connectivity index (χ4n) is 1.64. The van der Waals surface area contributed by atoms with Crippen molar-refractivity contribution in [3.63, 3.8) is 0 Å². The fourth-order valence-corrected chi connectivity index (χ4v) is 1.64. The van der Waals surface area contributed by atoms with E-state index in [1.54, 1.807) is 26.1 Å². The van der Waals surface area contributed by atoms with Crippen LogP contribution in [0.3, 0.4) is 0 Å². The molecule has 0 bridgehead atoms. The number of rotatable bonds is 6. The lowest BCUT2D eigenvalue weighted by Gasteiger charge is -2.15. The van der Waals surface area contributed by atoms with Gasteiger partial charge in [-0.1, -0.05) is 19.1 Å². The number of hydrogen-bond acceptors (Lipinski definition) is 3. The van der Waals surface area contributed by atoms with Crippen LogP contribution in [0.5, 0.6) is 0 Å². The molecular weight excluding hydrogens is 242 g/mol. The maximum atomic E-state index is 12.1. The SMILES string of the molecule is CCCNC(=O)C(C)NC(=O)c1ccccc1NC. The summed E-state index contributed by atoms with van der Waals surface area (Å²) < 4.78 is 0. The zero-order valence-electron chi connectivity index (χ0n) is 11.6. The molecule has 3 N–H and O–H groups in total. The molecule has 1 unspecified atom stereocenters. The van der Waals surface area contributed by atoms with Crippen molar-refractivity contribution in [2.45, 2.75) is 26.3 Å². The first-order valence-electron chi connectivity index (χ1n) is 6.45. The summed E-state index contributed by atoms with van der Waals surface area (Å²) in [6, 6.07) is 6.62. The summed E-state index contributed by atoms with van der Waals surface area (Å²) in [5, 5.41) is 8.39. The van der Waals surface area contributed by atoms with Gasteiger partial charge in [-0.15, -0.1) is 0 Å². The number of para-hydroxylation sites is 1. The molecule has 0 fully saturated rings. The molecule has 19 heavy (non-hydrogen) atoms. The summed E-state index contributed by atoms with van der Waals surface area (Å²) in [6.07, 6.45) is 0.870. The first-order valence-corrected chi connectivity index (χ1v) is 6.45. The third-order valence-electron chi connectivity index (χ3n) is 2.73. The summed E-state index contributed by atoms with van der Waals surface area (Å²) in [6.45, 7) is 4.27. The van der Waals surface area contributed by atoms with Gasteiger partial charge in [0.1, 0.15) is 6.04 Å². The highest BCUT2D eigenvalue weighted by Gasteiger charge is 2.17. The van der Waals surface area contributed by atoms with Gasteiger partial charge in [0, 0.05) is 19.3 Å². The van der Waals surface area contributed by atoms with Crippen LogP contribution < -0.4 is 16.0 Å². The molecule has 0 spiro atoms. The number of nitrogens with one attached hydrogen (secondary N) is 3. The molecule has 1 rings (SSSR count). The number of hydrogen-bond donors (Lipinski definition) is 3. The van der Waals surface area contributed by atoms with Crippen molar-refractivity contribution < 1.29 is 9.59 Å². The van der Waals surface area contributed by atoms with Crippen LogP contribution in [0.15, 0.2) is 24.3 Å². The molecule has 0 aliphatic rings. The molecule has 1 aromatic rings. The lowest BCUT2D eigenvalue weighted by molar-refractivity contribution is -0.122. The monoisotopic (exact) mass is 263 g/mol. The Hall–Kier alpha value is -2.04. The predicted octanol–water partition coefficient (Wildman–Crippen LogP) is 1.37. The average molecular weight is 263 g/mol. The molecule has 1 aromatic carbocycles. The molecule has 104 valence electrons. The molecule has 0 aromatic heterocycles. The smallest absolute Gasteiger partial charge is 0.254 e. The van der Waals surface area contributed by atoms with Crippen molar-refractivity contribution in [2.75, 3.05) is 18.9 Å². The minimum Gasteiger partial charge on any atom is -0.387 e. The van der Waals surface area contributed by atoms with E-state index in [0.717, 1.165) is 12.1 Å². The Kier molecular flexibility index (Phi) is 5.85. The Bertz CT molecular complexity index is 446. The zero-order valence-corrected chi connectivity index (χ0v) is 11.6. The Labute approximate surface area is 113 Å². The van der Waals surface area contributed by atoms with Crippen molar-refractivity contribution in [3.8, 4) is 0 Å². The predicted molar refractivity (Wildman–Crippen MR) is 76.2 cm³/mol. The molecule has 5 nitrogen and oxygen atoms in total. The number of amides is 2. The van der Waals surface area contributed by atoms with Crippen LogP contribution in [0.2, 0.25) is 0 Å². The van der Waals surface area contributed by atoms with Crippen LogP contribution in [0.4, 0.5) is 5.69 Å².